The number of fused-ring (bicyclic) bond motifs is 1. The Morgan fingerprint density at radius 1 is 1.03 bits per heavy atom. The van der Waals surface area contributed by atoms with Gasteiger partial charge < -0.3 is 23.7 Å². The largest absolute Gasteiger partial charge is 0.493 e. The van der Waals surface area contributed by atoms with Crippen molar-refractivity contribution in [3.8, 4) is 17.2 Å². The maximum atomic E-state index is 5.56. The van der Waals surface area contributed by atoms with E-state index in [2.05, 4.69) is 64.6 Å². The Bertz CT molecular complexity index is 1040. The van der Waals surface area contributed by atoms with E-state index in [0.29, 0.717) is 23.2 Å². The molecule has 4 rings (SSSR count). The molecular formula is C25H34N4O3. The number of hydrogen-bond donors (Lipinski definition) is 2. The minimum Gasteiger partial charge on any atom is -0.493 e. The van der Waals surface area contributed by atoms with Gasteiger partial charge in [-0.1, -0.05) is 18.2 Å². The van der Waals surface area contributed by atoms with Gasteiger partial charge in [-0.25, -0.2) is 5.43 Å². The summed E-state index contributed by atoms with van der Waals surface area (Å²) in [6.07, 6.45) is 0. The fourth-order valence-electron chi connectivity index (χ4n) is 4.75. The van der Waals surface area contributed by atoms with E-state index in [1.807, 2.05) is 12.1 Å². The second kappa shape index (κ2) is 9.81. The molecule has 1 saturated heterocycles. The third-order valence-electron chi connectivity index (χ3n) is 6.41. The van der Waals surface area contributed by atoms with Crippen molar-refractivity contribution in [3.63, 3.8) is 0 Å². The van der Waals surface area contributed by atoms with Crippen LogP contribution < -0.4 is 25.1 Å². The minimum absolute atomic E-state index is 0.153. The number of methoxy groups -OCH3 is 3. The van der Waals surface area contributed by atoms with E-state index < -0.39 is 0 Å². The summed E-state index contributed by atoms with van der Waals surface area (Å²) in [5.74, 6) is 2.38. The van der Waals surface area contributed by atoms with Gasteiger partial charge in [-0.3, -0.25) is 5.43 Å². The number of ether oxygens (including phenoxy) is 3. The minimum atomic E-state index is 0.153. The first-order valence-corrected chi connectivity index (χ1v) is 11.1. The van der Waals surface area contributed by atoms with Crippen LogP contribution in [0.4, 0.5) is 0 Å². The molecule has 0 saturated carbocycles. The van der Waals surface area contributed by atoms with Crippen molar-refractivity contribution in [3.05, 3.63) is 53.7 Å². The number of para-hydroxylation sites is 1. The summed E-state index contributed by atoms with van der Waals surface area (Å²) in [6, 6.07) is 15.1. The summed E-state index contributed by atoms with van der Waals surface area (Å²) >= 11 is 0. The quantitative estimate of drug-likeness (QED) is 0.534. The highest BCUT2D eigenvalue weighted by molar-refractivity contribution is 5.81. The van der Waals surface area contributed by atoms with Crippen molar-refractivity contribution in [1.29, 1.82) is 0 Å². The lowest BCUT2D eigenvalue weighted by atomic mass is 9.94. The summed E-state index contributed by atoms with van der Waals surface area (Å²) in [5.41, 5.74) is 10.5. The van der Waals surface area contributed by atoms with E-state index in [1.165, 1.54) is 16.6 Å². The van der Waals surface area contributed by atoms with Crippen molar-refractivity contribution in [1.82, 2.24) is 20.3 Å². The molecule has 7 heteroatoms. The highest BCUT2D eigenvalue weighted by Gasteiger charge is 2.31. The number of nitrogens with zero attached hydrogens (tertiary/aromatic N) is 2. The SMILES string of the molecule is COc1cc(C2NNCC2CN(C)CCn2c(C)cc3ccccc32)cc(OC)c1OC. The van der Waals surface area contributed by atoms with Crippen molar-refractivity contribution >= 4 is 10.9 Å². The molecule has 172 valence electrons. The highest BCUT2D eigenvalue weighted by Crippen LogP contribution is 2.41. The fourth-order valence-corrected chi connectivity index (χ4v) is 4.75. The first kappa shape index (κ1) is 22.5. The summed E-state index contributed by atoms with van der Waals surface area (Å²) in [4.78, 5) is 2.42. The van der Waals surface area contributed by atoms with Gasteiger partial charge in [0.25, 0.3) is 0 Å². The number of benzene rings is 2. The summed E-state index contributed by atoms with van der Waals surface area (Å²) in [7, 11) is 7.13. The Labute approximate surface area is 190 Å². The Morgan fingerprint density at radius 2 is 1.75 bits per heavy atom. The zero-order chi connectivity index (χ0) is 22.7. The topological polar surface area (TPSA) is 59.9 Å². The van der Waals surface area contributed by atoms with Gasteiger partial charge in [0.05, 0.1) is 27.4 Å². The second-order valence-corrected chi connectivity index (χ2v) is 8.48. The van der Waals surface area contributed by atoms with Crippen LogP contribution in [-0.2, 0) is 6.54 Å². The maximum absolute atomic E-state index is 5.56. The smallest absolute Gasteiger partial charge is 0.203 e. The molecule has 1 aromatic heterocycles. The Hall–Kier alpha value is -2.74. The van der Waals surface area contributed by atoms with Crippen molar-refractivity contribution < 1.29 is 14.2 Å². The van der Waals surface area contributed by atoms with Gasteiger partial charge in [0, 0.05) is 43.3 Å². The van der Waals surface area contributed by atoms with E-state index in [4.69, 9.17) is 14.2 Å². The third-order valence-corrected chi connectivity index (χ3v) is 6.41. The van der Waals surface area contributed by atoms with Crippen molar-refractivity contribution in [2.45, 2.75) is 19.5 Å². The molecule has 0 spiro atoms. The molecule has 2 atom stereocenters. The number of aryl methyl sites for hydroxylation is 1. The first-order valence-electron chi connectivity index (χ1n) is 11.1. The molecule has 0 amide bonds. The van der Waals surface area contributed by atoms with Crippen LogP contribution in [0.15, 0.2) is 42.5 Å². The molecule has 2 aromatic carbocycles. The average molecular weight is 439 g/mol. The number of rotatable bonds is 9. The molecule has 1 aliphatic rings. The van der Waals surface area contributed by atoms with Gasteiger partial charge in [-0.05, 0) is 49.2 Å². The van der Waals surface area contributed by atoms with Gasteiger partial charge in [-0.2, -0.15) is 0 Å². The maximum Gasteiger partial charge on any atom is 0.203 e. The second-order valence-electron chi connectivity index (χ2n) is 8.48. The average Bonchev–Trinajstić information content (AvgIpc) is 3.39. The standard InChI is InChI=1S/C25H34N4O3/c1-17-12-18-8-6-7-9-21(18)29(17)11-10-28(2)16-20-15-26-27-24(20)19-13-22(30-3)25(32-5)23(14-19)31-4/h6-9,12-14,20,24,26-27H,10-11,15-16H2,1-5H3. The zero-order valence-electron chi connectivity index (χ0n) is 19.6. The number of hydrazine groups is 1. The lowest BCUT2D eigenvalue weighted by molar-refractivity contribution is 0.260. The third kappa shape index (κ3) is 4.41. The summed E-state index contributed by atoms with van der Waals surface area (Å²) in [5, 5.41) is 1.30. The molecule has 1 aliphatic heterocycles. The summed E-state index contributed by atoms with van der Waals surface area (Å²) in [6.45, 7) is 6.01. The van der Waals surface area contributed by atoms with E-state index >= 15 is 0 Å². The Balaban J connectivity index is 1.45. The molecular weight excluding hydrogens is 404 g/mol. The van der Waals surface area contributed by atoms with Crippen LogP contribution in [0.25, 0.3) is 10.9 Å². The van der Waals surface area contributed by atoms with Crippen molar-refractivity contribution in [2.75, 3.05) is 48.0 Å². The van der Waals surface area contributed by atoms with Gasteiger partial charge in [-0.15, -0.1) is 0 Å². The van der Waals surface area contributed by atoms with Gasteiger partial charge in [0.2, 0.25) is 5.75 Å². The van der Waals surface area contributed by atoms with Crippen LogP contribution in [0.3, 0.4) is 0 Å². The Morgan fingerprint density at radius 3 is 2.44 bits per heavy atom. The van der Waals surface area contributed by atoms with Crippen LogP contribution >= 0.6 is 0 Å². The molecule has 7 nitrogen and oxygen atoms in total. The number of nitrogens with one attached hydrogen (secondary N) is 2. The van der Waals surface area contributed by atoms with E-state index in [1.54, 1.807) is 21.3 Å². The van der Waals surface area contributed by atoms with Crippen molar-refractivity contribution in [2.24, 2.45) is 5.92 Å². The highest BCUT2D eigenvalue weighted by atomic mass is 16.5. The zero-order valence-corrected chi connectivity index (χ0v) is 19.6. The van der Waals surface area contributed by atoms with E-state index in [-0.39, 0.29) is 6.04 Å². The molecule has 32 heavy (non-hydrogen) atoms. The molecule has 1 fully saturated rings. The molecule has 2 unspecified atom stereocenters. The van der Waals surface area contributed by atoms with Crippen LogP contribution in [0, 0.1) is 12.8 Å². The number of hydrogen-bond acceptors (Lipinski definition) is 6. The predicted octanol–water partition coefficient (Wildman–Crippen LogP) is 3.37. The van der Waals surface area contributed by atoms with Crippen LogP contribution in [0.2, 0.25) is 0 Å². The lowest BCUT2D eigenvalue weighted by Gasteiger charge is -2.26. The molecule has 0 radical (unpaired) electrons. The lowest BCUT2D eigenvalue weighted by Crippen LogP contribution is -2.32. The molecule has 2 heterocycles. The molecule has 0 aliphatic carbocycles. The number of aromatic nitrogens is 1. The van der Waals surface area contributed by atoms with Crippen LogP contribution in [-0.4, -0.2) is 57.5 Å². The fraction of sp³-hybridized carbons (Fsp3) is 0.440. The predicted molar refractivity (Wildman–Crippen MR) is 128 cm³/mol. The van der Waals surface area contributed by atoms with Gasteiger partial charge in [0.1, 0.15) is 0 Å². The van der Waals surface area contributed by atoms with Crippen LogP contribution in [0.1, 0.15) is 17.3 Å². The van der Waals surface area contributed by atoms with E-state index in [0.717, 1.165) is 31.7 Å². The van der Waals surface area contributed by atoms with Gasteiger partial charge >= 0.3 is 0 Å². The molecule has 0 bridgehead atoms. The van der Waals surface area contributed by atoms with Crippen LogP contribution in [0.5, 0.6) is 17.2 Å². The van der Waals surface area contributed by atoms with Gasteiger partial charge in [0.15, 0.2) is 11.5 Å². The summed E-state index contributed by atoms with van der Waals surface area (Å²) < 4.78 is 19.0. The first-order chi connectivity index (χ1) is 15.5. The normalized spacial score (nSPS) is 18.4. The number of likely N-dealkylation sites (N-methyl/N-ethyl adjacent to an activating group) is 1. The molecule has 3 aromatic rings. The Kier molecular flexibility index (Phi) is 6.89. The monoisotopic (exact) mass is 438 g/mol. The van der Waals surface area contributed by atoms with E-state index in [9.17, 15) is 0 Å². The molecule has 2 N–H and O–H groups in total.